The van der Waals surface area contributed by atoms with Crippen molar-refractivity contribution in [1.82, 2.24) is 9.71 Å². The van der Waals surface area contributed by atoms with E-state index in [2.05, 4.69) is 9.71 Å². The minimum absolute atomic E-state index is 0.00615. The third kappa shape index (κ3) is 5.62. The highest BCUT2D eigenvalue weighted by atomic mass is 32.2. The van der Waals surface area contributed by atoms with Crippen LogP contribution >= 0.6 is 0 Å². The predicted octanol–water partition coefficient (Wildman–Crippen LogP) is 4.82. The number of carbonyl (C=O) groups is 1. The number of pyridine rings is 1. The average Bonchev–Trinajstić information content (AvgIpc) is 3.31. The van der Waals surface area contributed by atoms with Crippen LogP contribution in [-0.2, 0) is 21.2 Å². The van der Waals surface area contributed by atoms with E-state index in [0.29, 0.717) is 34.9 Å². The maximum absolute atomic E-state index is 13.4. The molecule has 0 saturated heterocycles. The molecule has 1 unspecified atom stereocenters. The Morgan fingerprint density at radius 1 is 1.03 bits per heavy atom. The summed E-state index contributed by atoms with van der Waals surface area (Å²) in [6, 6.07) is 14.9. The van der Waals surface area contributed by atoms with E-state index in [-0.39, 0.29) is 17.6 Å². The highest BCUT2D eigenvalue weighted by molar-refractivity contribution is 7.90. The fraction of sp³-hybridized carbons (Fsp3) is 0.333. The van der Waals surface area contributed by atoms with Gasteiger partial charge in [-0.2, -0.15) is 0 Å². The van der Waals surface area contributed by atoms with Gasteiger partial charge in [-0.3, -0.25) is 9.78 Å². The fourth-order valence-electron chi connectivity index (χ4n) is 3.87. The largest absolute Gasteiger partial charge is 0.474 e. The van der Waals surface area contributed by atoms with Crippen molar-refractivity contribution in [3.05, 3.63) is 77.1 Å². The van der Waals surface area contributed by atoms with E-state index in [1.54, 1.807) is 42.5 Å². The van der Waals surface area contributed by atoms with Gasteiger partial charge >= 0.3 is 0 Å². The first kappa shape index (κ1) is 25.5. The van der Waals surface area contributed by atoms with Gasteiger partial charge in [0.15, 0.2) is 11.5 Å². The molecule has 0 bridgehead atoms. The molecule has 1 aromatic heterocycles. The highest BCUT2D eigenvalue weighted by Gasteiger charge is 2.30. The van der Waals surface area contributed by atoms with Crippen molar-refractivity contribution in [3.63, 3.8) is 0 Å². The molecule has 3 aromatic rings. The summed E-state index contributed by atoms with van der Waals surface area (Å²) in [6.45, 7) is 8.01. The summed E-state index contributed by atoms with van der Waals surface area (Å²) in [4.78, 5) is 18.0. The Labute approximate surface area is 211 Å². The lowest BCUT2D eigenvalue weighted by Gasteiger charge is -2.21. The Morgan fingerprint density at radius 3 is 2.42 bits per heavy atom. The molecule has 0 aliphatic carbocycles. The second-order valence-corrected chi connectivity index (χ2v) is 10.6. The van der Waals surface area contributed by atoms with E-state index < -0.39 is 22.0 Å². The Hall–Kier alpha value is -3.59. The zero-order valence-electron chi connectivity index (χ0n) is 20.8. The molecule has 0 fully saturated rings. The van der Waals surface area contributed by atoms with Crippen molar-refractivity contribution in [3.8, 4) is 17.2 Å². The maximum atomic E-state index is 13.4. The van der Waals surface area contributed by atoms with Crippen molar-refractivity contribution in [1.29, 1.82) is 0 Å². The van der Waals surface area contributed by atoms with E-state index >= 15 is 0 Å². The Balaban J connectivity index is 1.67. The highest BCUT2D eigenvalue weighted by Crippen LogP contribution is 2.36. The monoisotopic (exact) mass is 510 g/mol. The van der Waals surface area contributed by atoms with Crippen LogP contribution in [0, 0.1) is 6.92 Å². The minimum Gasteiger partial charge on any atom is -0.474 e. The van der Waals surface area contributed by atoms with Crippen LogP contribution in [0.4, 0.5) is 0 Å². The van der Waals surface area contributed by atoms with Crippen LogP contribution in [0.2, 0.25) is 0 Å². The summed E-state index contributed by atoms with van der Waals surface area (Å²) < 4.78 is 45.3. The molecule has 8 nitrogen and oxygen atoms in total. The third-order valence-corrected chi connectivity index (χ3v) is 7.20. The zero-order chi connectivity index (χ0) is 25.9. The van der Waals surface area contributed by atoms with Crippen molar-refractivity contribution in [2.24, 2.45) is 0 Å². The molecule has 2 heterocycles. The second-order valence-electron chi connectivity index (χ2n) is 8.95. The van der Waals surface area contributed by atoms with Gasteiger partial charge in [-0.25, -0.2) is 13.1 Å². The van der Waals surface area contributed by atoms with Crippen LogP contribution in [0.5, 0.6) is 17.2 Å². The average molecular weight is 511 g/mol. The van der Waals surface area contributed by atoms with Crippen molar-refractivity contribution < 1.29 is 27.4 Å². The third-order valence-electron chi connectivity index (χ3n) is 5.83. The molecule has 2 aromatic carbocycles. The van der Waals surface area contributed by atoms with Crippen LogP contribution < -0.4 is 18.9 Å². The lowest BCUT2D eigenvalue weighted by atomic mass is 10.0. The van der Waals surface area contributed by atoms with Crippen LogP contribution in [0.3, 0.4) is 0 Å². The molecule has 36 heavy (non-hydrogen) atoms. The summed E-state index contributed by atoms with van der Waals surface area (Å²) in [5.74, 6) is 0.834. The van der Waals surface area contributed by atoms with Gasteiger partial charge in [0, 0.05) is 11.3 Å². The molecule has 1 aliphatic heterocycles. The lowest BCUT2D eigenvalue weighted by Crippen LogP contribution is -2.37. The molecular formula is C27H30N2O6S. The molecule has 4 rings (SSSR count). The molecule has 0 radical (unpaired) electrons. The number of nitrogens with zero attached hydrogens (tertiary/aromatic N) is 1. The second kappa shape index (κ2) is 10.6. The molecular weight excluding hydrogens is 480 g/mol. The normalized spacial score (nSPS) is 13.5. The number of sulfonamides is 1. The molecule has 1 N–H and O–H groups in total. The number of carbonyl (C=O) groups excluding carboxylic acids is 1. The molecule has 0 saturated carbocycles. The van der Waals surface area contributed by atoms with Crippen LogP contribution in [0.25, 0.3) is 0 Å². The van der Waals surface area contributed by atoms with Gasteiger partial charge in [0.1, 0.15) is 5.75 Å². The number of rotatable bonds is 9. The Morgan fingerprint density at radius 2 is 1.72 bits per heavy atom. The first-order valence-electron chi connectivity index (χ1n) is 11.9. The number of aromatic nitrogens is 1. The Kier molecular flexibility index (Phi) is 7.49. The number of benzene rings is 2. The summed E-state index contributed by atoms with van der Waals surface area (Å²) in [6.07, 6.45) is 0.200. The first-order chi connectivity index (χ1) is 17.2. The van der Waals surface area contributed by atoms with Crippen molar-refractivity contribution in [2.45, 2.75) is 57.5 Å². The Bertz CT molecular complexity index is 1350. The number of nitrogens with one attached hydrogen (secondary N) is 1. The number of hydrogen-bond donors (Lipinski definition) is 1. The van der Waals surface area contributed by atoms with Gasteiger partial charge in [-0.05, 0) is 61.2 Å². The number of fused-ring (bicyclic) bond motifs is 1. The van der Waals surface area contributed by atoms with Crippen LogP contribution in [-0.4, -0.2) is 26.1 Å². The predicted molar refractivity (Wildman–Crippen MR) is 135 cm³/mol. The number of amides is 1. The quantitative estimate of drug-likeness (QED) is 0.440. The van der Waals surface area contributed by atoms with E-state index in [0.717, 1.165) is 17.7 Å². The lowest BCUT2D eigenvalue weighted by molar-refractivity contribution is -0.126. The van der Waals surface area contributed by atoms with Gasteiger partial charge < -0.3 is 14.2 Å². The van der Waals surface area contributed by atoms with Gasteiger partial charge in [0.05, 0.1) is 10.6 Å². The summed E-state index contributed by atoms with van der Waals surface area (Å²) in [5.41, 5.74) is 2.94. The maximum Gasteiger partial charge on any atom is 0.279 e. The minimum atomic E-state index is -4.14. The molecule has 1 amide bonds. The topological polar surface area (TPSA) is 104 Å². The summed E-state index contributed by atoms with van der Waals surface area (Å²) in [7, 11) is -4.14. The number of ether oxygens (including phenoxy) is 3. The number of hydrogen-bond acceptors (Lipinski definition) is 7. The molecule has 1 atom stereocenters. The summed E-state index contributed by atoms with van der Waals surface area (Å²) in [5, 5.41) is 0. The van der Waals surface area contributed by atoms with E-state index in [1.165, 1.54) is 12.1 Å². The summed E-state index contributed by atoms with van der Waals surface area (Å²) >= 11 is 0. The zero-order valence-corrected chi connectivity index (χ0v) is 21.6. The standard InChI is InChI=1S/C27H30N2O6S/c1-5-6-22-23(13-7-18(4)28-22)35-26(20-10-14-24-25(15-20)34-16-33-24)27(30)29-36(31,32)21-11-8-19(9-12-21)17(2)3/h7-15,17,26H,5-6,16H2,1-4H3,(H,29,30). The van der Waals surface area contributed by atoms with Crippen LogP contribution in [0.1, 0.15) is 61.7 Å². The van der Waals surface area contributed by atoms with Crippen molar-refractivity contribution in [2.75, 3.05) is 6.79 Å². The van der Waals surface area contributed by atoms with Crippen LogP contribution in [0.15, 0.2) is 59.5 Å². The smallest absolute Gasteiger partial charge is 0.279 e. The molecule has 190 valence electrons. The van der Waals surface area contributed by atoms with Crippen molar-refractivity contribution >= 4 is 15.9 Å². The number of aryl methyl sites for hydroxylation is 2. The van der Waals surface area contributed by atoms with Gasteiger partial charge in [0.25, 0.3) is 15.9 Å². The van der Waals surface area contributed by atoms with E-state index in [9.17, 15) is 13.2 Å². The molecule has 9 heteroatoms. The van der Waals surface area contributed by atoms with E-state index in [1.807, 2.05) is 27.7 Å². The van der Waals surface area contributed by atoms with E-state index in [4.69, 9.17) is 14.2 Å². The molecule has 1 aliphatic rings. The van der Waals surface area contributed by atoms with Gasteiger partial charge in [-0.1, -0.05) is 45.4 Å². The molecule has 0 spiro atoms. The van der Waals surface area contributed by atoms with Gasteiger partial charge in [-0.15, -0.1) is 0 Å². The first-order valence-corrected chi connectivity index (χ1v) is 13.4. The fourth-order valence-corrected chi connectivity index (χ4v) is 4.86. The van der Waals surface area contributed by atoms with Gasteiger partial charge in [0.2, 0.25) is 12.9 Å². The SMILES string of the molecule is CCCc1nc(C)ccc1OC(C(=O)NS(=O)(=O)c1ccc(C(C)C)cc1)c1ccc2c(c1)OCO2.